The zero-order valence-electron chi connectivity index (χ0n) is 11.1. The lowest BCUT2D eigenvalue weighted by molar-refractivity contribution is 0.102. The molecule has 5 heteroatoms. The van der Waals surface area contributed by atoms with Crippen molar-refractivity contribution in [2.24, 2.45) is 0 Å². The molecule has 0 radical (unpaired) electrons. The molecule has 2 N–H and O–H groups in total. The van der Waals surface area contributed by atoms with Crippen molar-refractivity contribution in [1.82, 2.24) is 9.55 Å². The van der Waals surface area contributed by atoms with Crippen LogP contribution in [0.5, 0.6) is 5.75 Å². The monoisotopic (exact) mass is 279 g/mol. The summed E-state index contributed by atoms with van der Waals surface area (Å²) in [7, 11) is 0. The highest BCUT2D eigenvalue weighted by Gasteiger charge is 2.08. The van der Waals surface area contributed by atoms with E-state index in [0.29, 0.717) is 11.3 Å². The summed E-state index contributed by atoms with van der Waals surface area (Å²) in [6.07, 6.45) is 6.55. The quantitative estimate of drug-likeness (QED) is 0.774. The van der Waals surface area contributed by atoms with Gasteiger partial charge in [0, 0.05) is 30.0 Å². The predicted molar refractivity (Wildman–Crippen MR) is 79.6 cm³/mol. The summed E-state index contributed by atoms with van der Waals surface area (Å²) in [5.74, 6) is -0.355. The van der Waals surface area contributed by atoms with Crippen LogP contribution in [0, 0.1) is 0 Å². The van der Waals surface area contributed by atoms with E-state index in [4.69, 9.17) is 0 Å². The number of rotatable bonds is 3. The maximum atomic E-state index is 12.1. The van der Waals surface area contributed by atoms with Crippen LogP contribution in [0.2, 0.25) is 0 Å². The largest absolute Gasteiger partial charge is 0.506 e. The van der Waals surface area contributed by atoms with Crippen LogP contribution in [0.25, 0.3) is 5.69 Å². The molecule has 0 spiro atoms. The summed E-state index contributed by atoms with van der Waals surface area (Å²) in [6.45, 7) is 0. The third-order valence-corrected chi connectivity index (χ3v) is 2.99. The van der Waals surface area contributed by atoms with Crippen LogP contribution in [-0.4, -0.2) is 20.6 Å². The second kappa shape index (κ2) is 5.50. The van der Waals surface area contributed by atoms with Crippen LogP contribution < -0.4 is 5.32 Å². The summed E-state index contributed by atoms with van der Waals surface area (Å²) < 4.78 is 1.95. The van der Waals surface area contributed by atoms with E-state index in [9.17, 15) is 9.90 Å². The van der Waals surface area contributed by atoms with E-state index in [-0.39, 0.29) is 11.7 Å². The molecule has 3 rings (SSSR count). The van der Waals surface area contributed by atoms with Gasteiger partial charge in [-0.1, -0.05) is 6.07 Å². The van der Waals surface area contributed by atoms with Crippen molar-refractivity contribution < 1.29 is 9.90 Å². The third-order valence-electron chi connectivity index (χ3n) is 2.99. The molecule has 2 heterocycles. The maximum absolute atomic E-state index is 12.1. The van der Waals surface area contributed by atoms with Gasteiger partial charge in [-0.05, 0) is 36.4 Å². The lowest BCUT2D eigenvalue weighted by Gasteiger charge is -2.08. The normalized spacial score (nSPS) is 10.3. The van der Waals surface area contributed by atoms with Crippen LogP contribution >= 0.6 is 0 Å². The van der Waals surface area contributed by atoms with Crippen LogP contribution in [0.3, 0.4) is 0 Å². The standard InChI is InChI=1S/C16H13N3O2/c20-15-8-12(10-17-11-15)16(21)18-13-4-3-5-14(9-13)19-6-1-2-7-19/h1-11,20H,(H,18,21). The number of hydrogen-bond acceptors (Lipinski definition) is 3. The minimum Gasteiger partial charge on any atom is -0.506 e. The molecule has 1 amide bonds. The van der Waals surface area contributed by atoms with Crippen LogP contribution in [0.1, 0.15) is 10.4 Å². The smallest absolute Gasteiger partial charge is 0.257 e. The van der Waals surface area contributed by atoms with E-state index in [1.165, 1.54) is 18.5 Å². The van der Waals surface area contributed by atoms with E-state index in [2.05, 4.69) is 10.3 Å². The van der Waals surface area contributed by atoms with Gasteiger partial charge in [-0.15, -0.1) is 0 Å². The topological polar surface area (TPSA) is 67.2 Å². The Labute approximate surface area is 121 Å². The van der Waals surface area contributed by atoms with E-state index in [0.717, 1.165) is 5.69 Å². The van der Waals surface area contributed by atoms with Crippen molar-refractivity contribution in [1.29, 1.82) is 0 Å². The molecule has 0 atom stereocenters. The Morgan fingerprint density at radius 3 is 2.67 bits per heavy atom. The molecule has 0 aliphatic heterocycles. The fourth-order valence-corrected chi connectivity index (χ4v) is 2.01. The number of nitrogens with zero attached hydrogens (tertiary/aromatic N) is 2. The van der Waals surface area contributed by atoms with E-state index >= 15 is 0 Å². The second-order valence-corrected chi connectivity index (χ2v) is 4.53. The lowest BCUT2D eigenvalue weighted by atomic mass is 10.2. The van der Waals surface area contributed by atoms with Gasteiger partial charge in [-0.3, -0.25) is 9.78 Å². The highest BCUT2D eigenvalue weighted by atomic mass is 16.3. The first kappa shape index (κ1) is 12.9. The number of amides is 1. The summed E-state index contributed by atoms with van der Waals surface area (Å²) in [5.41, 5.74) is 1.93. The van der Waals surface area contributed by atoms with Gasteiger partial charge in [0.05, 0.1) is 11.8 Å². The zero-order chi connectivity index (χ0) is 14.7. The van der Waals surface area contributed by atoms with E-state index in [1.54, 1.807) is 6.07 Å². The fourth-order valence-electron chi connectivity index (χ4n) is 2.01. The average molecular weight is 279 g/mol. The molecule has 0 bridgehead atoms. The number of anilines is 1. The molecular weight excluding hydrogens is 266 g/mol. The number of hydrogen-bond donors (Lipinski definition) is 2. The first-order valence-electron chi connectivity index (χ1n) is 6.41. The van der Waals surface area contributed by atoms with E-state index < -0.39 is 0 Å². The van der Waals surface area contributed by atoms with Gasteiger partial charge in [-0.2, -0.15) is 0 Å². The van der Waals surface area contributed by atoms with Gasteiger partial charge in [0.1, 0.15) is 5.75 Å². The molecular formula is C16H13N3O2. The molecule has 0 fully saturated rings. The highest BCUT2D eigenvalue weighted by molar-refractivity contribution is 6.04. The number of nitrogens with one attached hydrogen (secondary N) is 1. The Kier molecular flexibility index (Phi) is 3.39. The molecule has 0 aliphatic carbocycles. The minimum atomic E-state index is -0.317. The second-order valence-electron chi connectivity index (χ2n) is 4.53. The van der Waals surface area contributed by atoms with Crippen molar-refractivity contribution in [2.75, 3.05) is 5.32 Å². The number of benzene rings is 1. The first-order chi connectivity index (χ1) is 10.2. The molecule has 5 nitrogen and oxygen atoms in total. The van der Waals surface area contributed by atoms with E-state index in [1.807, 2.05) is 47.3 Å². The van der Waals surface area contributed by atoms with Gasteiger partial charge < -0.3 is 15.0 Å². The molecule has 2 aromatic heterocycles. The van der Waals surface area contributed by atoms with Gasteiger partial charge in [0.25, 0.3) is 5.91 Å². The molecule has 0 aliphatic rings. The molecule has 0 saturated heterocycles. The Morgan fingerprint density at radius 2 is 1.90 bits per heavy atom. The molecule has 0 saturated carbocycles. The summed E-state index contributed by atoms with van der Waals surface area (Å²) in [6, 6.07) is 12.7. The van der Waals surface area contributed by atoms with Crippen molar-refractivity contribution in [3.63, 3.8) is 0 Å². The van der Waals surface area contributed by atoms with Crippen molar-refractivity contribution in [3.8, 4) is 11.4 Å². The summed E-state index contributed by atoms with van der Waals surface area (Å²) in [5, 5.41) is 12.1. The predicted octanol–water partition coefficient (Wildman–Crippen LogP) is 2.83. The number of aromatic hydroxyl groups is 1. The molecule has 104 valence electrons. The van der Waals surface area contributed by atoms with Gasteiger partial charge in [0.15, 0.2) is 0 Å². The molecule has 1 aromatic carbocycles. The summed E-state index contributed by atoms with van der Waals surface area (Å²) in [4.78, 5) is 15.9. The fraction of sp³-hybridized carbons (Fsp3) is 0. The highest BCUT2D eigenvalue weighted by Crippen LogP contribution is 2.16. The molecule has 21 heavy (non-hydrogen) atoms. The Morgan fingerprint density at radius 1 is 1.10 bits per heavy atom. The van der Waals surface area contributed by atoms with Gasteiger partial charge in [0.2, 0.25) is 0 Å². The number of pyridine rings is 1. The first-order valence-corrected chi connectivity index (χ1v) is 6.41. The average Bonchev–Trinajstić information content (AvgIpc) is 3.02. The Hall–Kier alpha value is -3.08. The Bertz CT molecular complexity index is 767. The van der Waals surface area contributed by atoms with Crippen molar-refractivity contribution in [3.05, 3.63) is 72.8 Å². The number of aromatic nitrogens is 2. The minimum absolute atomic E-state index is 0.0382. The van der Waals surface area contributed by atoms with Gasteiger partial charge in [-0.25, -0.2) is 0 Å². The van der Waals surface area contributed by atoms with Crippen LogP contribution in [-0.2, 0) is 0 Å². The maximum Gasteiger partial charge on any atom is 0.257 e. The molecule has 3 aromatic rings. The number of carbonyl (C=O) groups is 1. The summed E-state index contributed by atoms with van der Waals surface area (Å²) >= 11 is 0. The van der Waals surface area contributed by atoms with Crippen molar-refractivity contribution >= 4 is 11.6 Å². The zero-order valence-corrected chi connectivity index (χ0v) is 11.1. The lowest BCUT2D eigenvalue weighted by Crippen LogP contribution is -2.12. The van der Waals surface area contributed by atoms with Crippen LogP contribution in [0.15, 0.2) is 67.3 Å². The van der Waals surface area contributed by atoms with Crippen LogP contribution in [0.4, 0.5) is 5.69 Å². The number of carbonyl (C=O) groups excluding carboxylic acids is 1. The van der Waals surface area contributed by atoms with Crippen molar-refractivity contribution in [2.45, 2.75) is 0 Å². The third kappa shape index (κ3) is 2.92. The molecule has 0 unspecified atom stereocenters. The Balaban J connectivity index is 1.82. The van der Waals surface area contributed by atoms with Gasteiger partial charge >= 0.3 is 0 Å². The SMILES string of the molecule is O=C(Nc1cccc(-n2cccc2)c1)c1cncc(O)c1.